The molecule has 1 fully saturated rings. The van der Waals surface area contributed by atoms with Gasteiger partial charge in [-0.2, -0.15) is 0 Å². The fourth-order valence-electron chi connectivity index (χ4n) is 3.61. The molecule has 1 aliphatic heterocycles. The number of ether oxygens (including phenoxy) is 1. The van der Waals surface area contributed by atoms with Crippen LogP contribution in [0, 0.1) is 0 Å². The van der Waals surface area contributed by atoms with Crippen molar-refractivity contribution >= 4 is 38.3 Å². The molecule has 1 saturated heterocycles. The van der Waals surface area contributed by atoms with Crippen molar-refractivity contribution < 1.29 is 22.7 Å². The van der Waals surface area contributed by atoms with Gasteiger partial charge in [-0.1, -0.05) is 48.6 Å². The smallest absolute Gasteiger partial charge is 0.270 e. The van der Waals surface area contributed by atoms with Crippen molar-refractivity contribution in [3.8, 4) is 5.75 Å². The number of nitrogens with one attached hydrogen (secondary N) is 1. The average Bonchev–Trinajstić information content (AvgIpc) is 3.45. The topological polar surface area (TPSA) is 119 Å². The SMILES string of the molecule is CCc1nnc(NC(=O)c2ccc(OC)c(S(=O)(=O)N3C[C@H](c4ccccc4)CC3=O)c2)s1. The van der Waals surface area contributed by atoms with E-state index in [2.05, 4.69) is 15.5 Å². The first kappa shape index (κ1) is 22.9. The fourth-order valence-corrected chi connectivity index (χ4v) is 5.93. The summed E-state index contributed by atoms with van der Waals surface area (Å²) in [4.78, 5) is 25.2. The molecule has 1 aromatic heterocycles. The number of sulfonamides is 1. The van der Waals surface area contributed by atoms with E-state index in [1.54, 1.807) is 0 Å². The number of anilines is 1. The summed E-state index contributed by atoms with van der Waals surface area (Å²) in [5.41, 5.74) is 0.987. The number of hydrogen-bond donors (Lipinski definition) is 1. The molecule has 11 heteroatoms. The predicted molar refractivity (Wildman–Crippen MR) is 123 cm³/mol. The number of aromatic nitrogens is 2. The predicted octanol–water partition coefficient (Wildman–Crippen LogP) is 3.07. The van der Waals surface area contributed by atoms with Crippen molar-refractivity contribution in [1.29, 1.82) is 0 Å². The molecule has 0 saturated carbocycles. The Hall–Kier alpha value is -3.31. The molecular formula is C22H22N4O5S2. The lowest BCUT2D eigenvalue weighted by Gasteiger charge is -2.19. The number of carbonyl (C=O) groups is 2. The van der Waals surface area contributed by atoms with Crippen LogP contribution in [-0.4, -0.2) is 48.4 Å². The molecule has 9 nitrogen and oxygen atoms in total. The second-order valence-corrected chi connectivity index (χ2v) is 10.3. The Labute approximate surface area is 195 Å². The number of aryl methyl sites for hydroxylation is 1. The third kappa shape index (κ3) is 4.60. The zero-order valence-electron chi connectivity index (χ0n) is 18.0. The zero-order chi connectivity index (χ0) is 23.6. The van der Waals surface area contributed by atoms with Gasteiger partial charge in [0.2, 0.25) is 11.0 Å². The lowest BCUT2D eigenvalue weighted by Crippen LogP contribution is -2.32. The van der Waals surface area contributed by atoms with Crippen LogP contribution in [0.2, 0.25) is 0 Å². The zero-order valence-corrected chi connectivity index (χ0v) is 19.6. The van der Waals surface area contributed by atoms with Gasteiger partial charge in [0.25, 0.3) is 15.9 Å². The summed E-state index contributed by atoms with van der Waals surface area (Å²) in [7, 11) is -2.91. The molecule has 1 N–H and O–H groups in total. The lowest BCUT2D eigenvalue weighted by atomic mass is 9.99. The second-order valence-electron chi connectivity index (χ2n) is 7.42. The van der Waals surface area contributed by atoms with E-state index < -0.39 is 21.8 Å². The maximum absolute atomic E-state index is 13.4. The number of amides is 2. The summed E-state index contributed by atoms with van der Waals surface area (Å²) < 4.78 is 33.0. The molecule has 0 spiro atoms. The van der Waals surface area contributed by atoms with Crippen LogP contribution in [0.25, 0.3) is 0 Å². The van der Waals surface area contributed by atoms with Crippen molar-refractivity contribution in [2.45, 2.75) is 30.6 Å². The molecule has 2 heterocycles. The molecule has 0 radical (unpaired) electrons. The third-order valence-electron chi connectivity index (χ3n) is 5.34. The maximum atomic E-state index is 13.4. The van der Waals surface area contributed by atoms with Crippen LogP contribution in [0.15, 0.2) is 53.4 Å². The quantitative estimate of drug-likeness (QED) is 0.545. The molecule has 0 aliphatic carbocycles. The monoisotopic (exact) mass is 486 g/mol. The normalized spacial score (nSPS) is 16.1. The summed E-state index contributed by atoms with van der Waals surface area (Å²) in [6.45, 7) is 1.95. The Morgan fingerprint density at radius 2 is 1.97 bits per heavy atom. The van der Waals surface area contributed by atoms with Gasteiger partial charge in [-0.25, -0.2) is 12.7 Å². The summed E-state index contributed by atoms with van der Waals surface area (Å²) in [5, 5.41) is 11.6. The van der Waals surface area contributed by atoms with Gasteiger partial charge in [0, 0.05) is 24.4 Å². The average molecular weight is 487 g/mol. The molecular weight excluding hydrogens is 464 g/mol. The van der Waals surface area contributed by atoms with Crippen molar-refractivity contribution in [3.63, 3.8) is 0 Å². The van der Waals surface area contributed by atoms with Crippen LogP contribution in [0.3, 0.4) is 0 Å². The maximum Gasteiger partial charge on any atom is 0.270 e. The molecule has 33 heavy (non-hydrogen) atoms. The highest BCUT2D eigenvalue weighted by Crippen LogP contribution is 2.35. The molecule has 2 aromatic carbocycles. The molecule has 3 aromatic rings. The van der Waals surface area contributed by atoms with Crippen LogP contribution in [0.4, 0.5) is 5.13 Å². The van der Waals surface area contributed by atoms with E-state index in [1.807, 2.05) is 37.3 Å². The van der Waals surface area contributed by atoms with E-state index in [-0.39, 0.29) is 35.1 Å². The van der Waals surface area contributed by atoms with Gasteiger partial charge in [-0.15, -0.1) is 10.2 Å². The molecule has 2 amide bonds. The number of nitrogens with zero attached hydrogens (tertiary/aromatic N) is 3. The molecule has 172 valence electrons. The largest absolute Gasteiger partial charge is 0.495 e. The van der Waals surface area contributed by atoms with Crippen LogP contribution in [-0.2, 0) is 21.2 Å². The van der Waals surface area contributed by atoms with Gasteiger partial charge in [0.05, 0.1) is 7.11 Å². The van der Waals surface area contributed by atoms with Crippen molar-refractivity contribution in [2.24, 2.45) is 0 Å². The fraction of sp³-hybridized carbons (Fsp3) is 0.273. The Balaban J connectivity index is 1.62. The molecule has 0 bridgehead atoms. The third-order valence-corrected chi connectivity index (χ3v) is 8.13. The lowest BCUT2D eigenvalue weighted by molar-refractivity contribution is -0.123. The first-order valence-electron chi connectivity index (χ1n) is 10.3. The Morgan fingerprint density at radius 3 is 2.64 bits per heavy atom. The van der Waals surface area contributed by atoms with Gasteiger partial charge < -0.3 is 4.74 Å². The van der Waals surface area contributed by atoms with E-state index >= 15 is 0 Å². The second kappa shape index (κ2) is 9.28. The number of rotatable bonds is 7. The first-order valence-corrected chi connectivity index (χ1v) is 12.5. The summed E-state index contributed by atoms with van der Waals surface area (Å²) >= 11 is 1.24. The van der Waals surface area contributed by atoms with E-state index in [9.17, 15) is 18.0 Å². The number of hydrogen-bond acceptors (Lipinski definition) is 8. The van der Waals surface area contributed by atoms with Crippen molar-refractivity contribution in [3.05, 3.63) is 64.7 Å². The van der Waals surface area contributed by atoms with E-state index in [0.29, 0.717) is 11.6 Å². The highest BCUT2D eigenvalue weighted by Gasteiger charge is 2.40. The van der Waals surface area contributed by atoms with Crippen LogP contribution < -0.4 is 10.1 Å². The van der Waals surface area contributed by atoms with Gasteiger partial charge in [-0.05, 0) is 30.2 Å². The van der Waals surface area contributed by atoms with Gasteiger partial charge in [0.15, 0.2) is 0 Å². The molecule has 0 unspecified atom stereocenters. The standard InChI is InChI=1S/C22H22N4O5S2/c1-3-19-24-25-22(32-19)23-21(28)15-9-10-17(31-2)18(11-15)33(29,30)26-13-16(12-20(26)27)14-7-5-4-6-8-14/h4-11,16H,3,12-13H2,1-2H3,(H,23,25,28)/t16-/m1/s1. The molecule has 4 rings (SSSR count). The first-order chi connectivity index (χ1) is 15.8. The molecule has 1 atom stereocenters. The minimum atomic E-state index is -4.25. The highest BCUT2D eigenvalue weighted by atomic mass is 32.2. The summed E-state index contributed by atoms with van der Waals surface area (Å²) in [6.07, 6.45) is 0.773. The Kier molecular flexibility index (Phi) is 6.43. The summed E-state index contributed by atoms with van der Waals surface area (Å²) in [5.74, 6) is -1.23. The van der Waals surface area contributed by atoms with E-state index in [4.69, 9.17) is 4.74 Å². The number of methoxy groups -OCH3 is 1. The highest BCUT2D eigenvalue weighted by molar-refractivity contribution is 7.89. The van der Waals surface area contributed by atoms with Crippen LogP contribution >= 0.6 is 11.3 Å². The van der Waals surface area contributed by atoms with E-state index in [1.165, 1.54) is 36.6 Å². The minimum absolute atomic E-state index is 0.0232. The minimum Gasteiger partial charge on any atom is -0.495 e. The number of benzene rings is 2. The van der Waals surface area contributed by atoms with Gasteiger partial charge in [0.1, 0.15) is 15.7 Å². The van der Waals surface area contributed by atoms with Crippen molar-refractivity contribution in [2.75, 3.05) is 19.0 Å². The van der Waals surface area contributed by atoms with E-state index in [0.717, 1.165) is 14.9 Å². The Morgan fingerprint density at radius 1 is 1.21 bits per heavy atom. The van der Waals surface area contributed by atoms with Crippen LogP contribution in [0.5, 0.6) is 5.75 Å². The van der Waals surface area contributed by atoms with Crippen LogP contribution in [0.1, 0.15) is 40.2 Å². The Bertz CT molecular complexity index is 1290. The molecule has 1 aliphatic rings. The number of carbonyl (C=O) groups excluding carboxylic acids is 2. The van der Waals surface area contributed by atoms with Gasteiger partial charge in [-0.3, -0.25) is 14.9 Å². The van der Waals surface area contributed by atoms with Crippen molar-refractivity contribution in [1.82, 2.24) is 14.5 Å². The summed E-state index contributed by atoms with van der Waals surface area (Å²) in [6, 6.07) is 13.4. The van der Waals surface area contributed by atoms with Gasteiger partial charge >= 0.3 is 0 Å².